The zero-order valence-corrected chi connectivity index (χ0v) is 12.4. The number of aliphatic hydroxyl groups excluding tert-OH is 1. The molecule has 2 rings (SSSR count). The Morgan fingerprint density at radius 2 is 2.19 bits per heavy atom. The Morgan fingerprint density at radius 3 is 3.00 bits per heavy atom. The maximum Gasteiger partial charge on any atom is 0.257 e. The minimum absolute atomic E-state index is 0.000834. The van der Waals surface area contributed by atoms with Crippen LogP contribution in [0.4, 0.5) is 0 Å². The number of hydrogen-bond donors (Lipinski definition) is 2. The van der Waals surface area contributed by atoms with E-state index in [1.807, 2.05) is 12.1 Å². The minimum atomic E-state index is -0.548. The highest BCUT2D eigenvalue weighted by Gasteiger charge is 2.12. The molecule has 1 aromatic rings. The van der Waals surface area contributed by atoms with Gasteiger partial charge in [0.15, 0.2) is 6.61 Å². The van der Waals surface area contributed by atoms with Gasteiger partial charge < -0.3 is 19.9 Å². The van der Waals surface area contributed by atoms with Crippen molar-refractivity contribution < 1.29 is 19.4 Å². The van der Waals surface area contributed by atoms with Gasteiger partial charge in [0, 0.05) is 13.7 Å². The molecule has 1 aromatic carbocycles. The Hall–Kier alpha value is -1.59. The Bertz CT molecular complexity index is 475. The van der Waals surface area contributed by atoms with Gasteiger partial charge in [-0.1, -0.05) is 6.07 Å². The number of amides is 1. The number of nitrogens with one attached hydrogen (secondary N) is 1. The molecule has 116 valence electrons. The molecule has 2 N–H and O–H groups in total. The summed E-state index contributed by atoms with van der Waals surface area (Å²) in [5, 5.41) is 12.2. The van der Waals surface area contributed by atoms with E-state index in [0.29, 0.717) is 13.0 Å². The number of methoxy groups -OCH3 is 1. The number of carbonyl (C=O) groups is 1. The van der Waals surface area contributed by atoms with Gasteiger partial charge in [-0.25, -0.2) is 0 Å². The number of ether oxygens (including phenoxy) is 2. The fourth-order valence-corrected chi connectivity index (χ4v) is 2.49. The molecule has 0 fully saturated rings. The van der Waals surface area contributed by atoms with E-state index in [9.17, 15) is 9.90 Å². The fourth-order valence-electron chi connectivity index (χ4n) is 2.49. The second-order valence-corrected chi connectivity index (χ2v) is 5.32. The molecule has 0 saturated carbocycles. The van der Waals surface area contributed by atoms with Crippen LogP contribution in [0.1, 0.15) is 24.0 Å². The Kier molecular flexibility index (Phi) is 6.02. The summed E-state index contributed by atoms with van der Waals surface area (Å²) in [6.07, 6.45) is 3.35. The van der Waals surface area contributed by atoms with Crippen LogP contribution in [-0.4, -0.2) is 44.0 Å². The molecule has 0 heterocycles. The summed E-state index contributed by atoms with van der Waals surface area (Å²) < 4.78 is 10.3. The first-order valence-electron chi connectivity index (χ1n) is 7.37. The highest BCUT2D eigenvalue weighted by atomic mass is 16.5. The van der Waals surface area contributed by atoms with Crippen molar-refractivity contribution >= 4 is 5.91 Å². The summed E-state index contributed by atoms with van der Waals surface area (Å²) in [5.41, 5.74) is 2.72. The first kappa shape index (κ1) is 15.8. The van der Waals surface area contributed by atoms with Crippen LogP contribution >= 0.6 is 0 Å². The van der Waals surface area contributed by atoms with Gasteiger partial charge in [-0.2, -0.15) is 0 Å². The van der Waals surface area contributed by atoms with E-state index < -0.39 is 6.10 Å². The number of hydrogen-bond acceptors (Lipinski definition) is 4. The second kappa shape index (κ2) is 8.00. The predicted octanol–water partition coefficient (Wildman–Crippen LogP) is 1.07. The normalized spacial score (nSPS) is 14.6. The second-order valence-electron chi connectivity index (χ2n) is 5.32. The van der Waals surface area contributed by atoms with Gasteiger partial charge in [-0.05, 0) is 48.9 Å². The standard InChI is InChI=1S/C16H23NO4/c1-20-10-14(18)7-8-17-16(19)11-21-15-6-5-12-3-2-4-13(12)9-15/h5-6,9,14,18H,2-4,7-8,10-11H2,1H3,(H,17,19). The Morgan fingerprint density at radius 1 is 1.38 bits per heavy atom. The predicted molar refractivity (Wildman–Crippen MR) is 79.5 cm³/mol. The summed E-state index contributed by atoms with van der Waals surface area (Å²) in [6, 6.07) is 6.02. The van der Waals surface area contributed by atoms with Crippen molar-refractivity contribution in [1.82, 2.24) is 5.32 Å². The first-order valence-corrected chi connectivity index (χ1v) is 7.37. The largest absolute Gasteiger partial charge is 0.484 e. The molecule has 0 aromatic heterocycles. The molecule has 1 aliphatic rings. The number of benzene rings is 1. The maximum absolute atomic E-state index is 11.6. The van der Waals surface area contributed by atoms with Gasteiger partial charge in [0.1, 0.15) is 5.75 Å². The molecular weight excluding hydrogens is 270 g/mol. The van der Waals surface area contributed by atoms with Gasteiger partial charge in [-0.3, -0.25) is 4.79 Å². The zero-order valence-electron chi connectivity index (χ0n) is 12.4. The molecule has 1 amide bonds. The quantitative estimate of drug-likeness (QED) is 0.752. The van der Waals surface area contributed by atoms with E-state index >= 15 is 0 Å². The third-order valence-corrected chi connectivity index (χ3v) is 3.60. The number of aliphatic hydroxyl groups is 1. The average molecular weight is 293 g/mol. The molecule has 1 unspecified atom stereocenters. The molecule has 21 heavy (non-hydrogen) atoms. The topological polar surface area (TPSA) is 67.8 Å². The lowest BCUT2D eigenvalue weighted by atomic mass is 10.1. The Labute approximate surface area is 125 Å². The summed E-state index contributed by atoms with van der Waals surface area (Å²) in [7, 11) is 1.53. The van der Waals surface area contributed by atoms with Crippen molar-refractivity contribution in [3.8, 4) is 5.75 Å². The summed E-state index contributed by atoms with van der Waals surface area (Å²) in [6.45, 7) is 0.692. The lowest BCUT2D eigenvalue weighted by Gasteiger charge is -2.11. The molecule has 0 spiro atoms. The van der Waals surface area contributed by atoms with Crippen LogP contribution in [0, 0.1) is 0 Å². The van der Waals surface area contributed by atoms with Crippen LogP contribution < -0.4 is 10.1 Å². The van der Waals surface area contributed by atoms with Gasteiger partial charge in [-0.15, -0.1) is 0 Å². The SMILES string of the molecule is COCC(O)CCNC(=O)COc1ccc2c(c1)CCC2. The number of fused-ring (bicyclic) bond motifs is 1. The highest BCUT2D eigenvalue weighted by Crippen LogP contribution is 2.25. The van der Waals surface area contributed by atoms with E-state index in [2.05, 4.69) is 11.4 Å². The van der Waals surface area contributed by atoms with Gasteiger partial charge >= 0.3 is 0 Å². The van der Waals surface area contributed by atoms with Crippen molar-refractivity contribution in [2.45, 2.75) is 31.8 Å². The van der Waals surface area contributed by atoms with Crippen molar-refractivity contribution in [3.63, 3.8) is 0 Å². The van der Waals surface area contributed by atoms with Crippen molar-refractivity contribution in [3.05, 3.63) is 29.3 Å². The minimum Gasteiger partial charge on any atom is -0.484 e. The summed E-state index contributed by atoms with van der Waals surface area (Å²) in [4.78, 5) is 11.6. The molecular formula is C16H23NO4. The molecule has 0 aliphatic heterocycles. The highest BCUT2D eigenvalue weighted by molar-refractivity contribution is 5.77. The van der Waals surface area contributed by atoms with E-state index in [1.165, 1.54) is 24.7 Å². The van der Waals surface area contributed by atoms with E-state index in [4.69, 9.17) is 9.47 Å². The maximum atomic E-state index is 11.6. The molecule has 1 atom stereocenters. The third-order valence-electron chi connectivity index (χ3n) is 3.60. The van der Waals surface area contributed by atoms with Crippen LogP contribution in [0.3, 0.4) is 0 Å². The first-order chi connectivity index (χ1) is 10.2. The molecule has 0 bridgehead atoms. The third kappa shape index (κ3) is 5.02. The van der Waals surface area contributed by atoms with Crippen LogP contribution in [0.2, 0.25) is 0 Å². The van der Waals surface area contributed by atoms with Crippen molar-refractivity contribution in [2.75, 3.05) is 26.9 Å². The van der Waals surface area contributed by atoms with Crippen LogP contribution in [0.5, 0.6) is 5.75 Å². The van der Waals surface area contributed by atoms with Gasteiger partial charge in [0.2, 0.25) is 0 Å². The van der Waals surface area contributed by atoms with Crippen LogP contribution in [0.15, 0.2) is 18.2 Å². The zero-order chi connectivity index (χ0) is 15.1. The van der Waals surface area contributed by atoms with Gasteiger partial charge in [0.25, 0.3) is 5.91 Å². The summed E-state index contributed by atoms with van der Waals surface area (Å²) >= 11 is 0. The van der Waals surface area contributed by atoms with Crippen molar-refractivity contribution in [1.29, 1.82) is 0 Å². The molecule has 5 nitrogen and oxygen atoms in total. The lowest BCUT2D eigenvalue weighted by molar-refractivity contribution is -0.123. The smallest absolute Gasteiger partial charge is 0.257 e. The molecule has 0 radical (unpaired) electrons. The Balaban J connectivity index is 1.67. The number of aryl methyl sites for hydroxylation is 2. The molecule has 5 heteroatoms. The van der Waals surface area contributed by atoms with E-state index in [-0.39, 0.29) is 19.1 Å². The van der Waals surface area contributed by atoms with E-state index in [1.54, 1.807) is 0 Å². The monoisotopic (exact) mass is 293 g/mol. The van der Waals surface area contributed by atoms with Crippen LogP contribution in [0.25, 0.3) is 0 Å². The van der Waals surface area contributed by atoms with E-state index in [0.717, 1.165) is 18.6 Å². The number of rotatable bonds is 8. The average Bonchev–Trinajstić information content (AvgIpc) is 2.93. The number of carbonyl (C=O) groups excluding carboxylic acids is 1. The summed E-state index contributed by atoms with van der Waals surface area (Å²) in [5.74, 6) is 0.560. The molecule has 0 saturated heterocycles. The lowest BCUT2D eigenvalue weighted by Crippen LogP contribution is -2.32. The van der Waals surface area contributed by atoms with Crippen molar-refractivity contribution in [2.24, 2.45) is 0 Å². The molecule has 1 aliphatic carbocycles. The van der Waals surface area contributed by atoms with Gasteiger partial charge in [0.05, 0.1) is 12.7 Å². The van der Waals surface area contributed by atoms with Crippen LogP contribution in [-0.2, 0) is 22.4 Å². The fraction of sp³-hybridized carbons (Fsp3) is 0.562.